The van der Waals surface area contributed by atoms with Crippen LogP contribution >= 0.6 is 0 Å². The third kappa shape index (κ3) is 3.94. The van der Waals surface area contributed by atoms with E-state index in [0.717, 1.165) is 24.8 Å². The van der Waals surface area contributed by atoms with Gasteiger partial charge in [-0.15, -0.1) is 0 Å². The van der Waals surface area contributed by atoms with Gasteiger partial charge in [0.1, 0.15) is 12.0 Å². The molecule has 3 heterocycles. The summed E-state index contributed by atoms with van der Waals surface area (Å²) in [6.07, 6.45) is 3.49. The predicted molar refractivity (Wildman–Crippen MR) is 99.2 cm³/mol. The van der Waals surface area contributed by atoms with E-state index in [-0.39, 0.29) is 12.2 Å². The molecule has 1 aliphatic heterocycles. The van der Waals surface area contributed by atoms with E-state index in [1.165, 1.54) is 6.92 Å². The normalized spacial score (nSPS) is 16.9. The lowest BCUT2D eigenvalue weighted by atomic mass is 10.2. The number of hydrogen-bond donors (Lipinski definition) is 1. The van der Waals surface area contributed by atoms with Crippen molar-refractivity contribution in [2.45, 2.75) is 39.0 Å². The molecule has 0 saturated carbocycles. The molecule has 1 unspecified atom stereocenters. The second kappa shape index (κ2) is 7.89. The molecule has 2 aromatic heterocycles. The zero-order valence-electron chi connectivity index (χ0n) is 15.4. The van der Waals surface area contributed by atoms with E-state index >= 15 is 0 Å². The number of anilines is 1. The highest BCUT2D eigenvalue weighted by Crippen LogP contribution is 2.28. The molecule has 1 atom stereocenters. The molecule has 4 rings (SSSR count). The third-order valence-corrected chi connectivity index (χ3v) is 4.48. The Balaban J connectivity index is 1.57. The van der Waals surface area contributed by atoms with Crippen molar-refractivity contribution in [1.29, 1.82) is 0 Å². The van der Waals surface area contributed by atoms with Gasteiger partial charge in [0.15, 0.2) is 17.0 Å². The molecule has 0 aliphatic carbocycles. The highest BCUT2D eigenvalue weighted by molar-refractivity contribution is 5.82. The molecule has 8 nitrogen and oxygen atoms in total. The van der Waals surface area contributed by atoms with Crippen molar-refractivity contribution in [1.82, 2.24) is 19.5 Å². The fourth-order valence-corrected chi connectivity index (χ4v) is 3.24. The van der Waals surface area contributed by atoms with Gasteiger partial charge in [0.05, 0.1) is 6.33 Å². The van der Waals surface area contributed by atoms with Crippen LogP contribution in [0.15, 0.2) is 30.6 Å². The molecule has 28 heavy (non-hydrogen) atoms. The summed E-state index contributed by atoms with van der Waals surface area (Å²) < 4.78 is 26.7. The molecule has 1 fully saturated rings. The Labute approximate surface area is 160 Å². The molecule has 1 saturated heterocycles. The average molecular weight is 385 g/mol. The van der Waals surface area contributed by atoms with Gasteiger partial charge in [-0.05, 0) is 37.0 Å². The zero-order valence-corrected chi connectivity index (χ0v) is 15.4. The first-order chi connectivity index (χ1) is 13.6. The number of nitrogens with zero attached hydrogens (tertiary/aromatic N) is 4. The van der Waals surface area contributed by atoms with Gasteiger partial charge in [0.2, 0.25) is 0 Å². The molecular formula is C19H20FN5O3. The van der Waals surface area contributed by atoms with Crippen molar-refractivity contribution in [3.63, 3.8) is 0 Å². The van der Waals surface area contributed by atoms with E-state index in [1.54, 1.807) is 29.1 Å². The molecule has 146 valence electrons. The molecule has 0 bridgehead atoms. The Hall–Kier alpha value is -3.07. The summed E-state index contributed by atoms with van der Waals surface area (Å²) >= 11 is 0. The topological polar surface area (TPSA) is 91.2 Å². The number of rotatable bonds is 5. The smallest absolute Gasteiger partial charge is 0.312 e. The van der Waals surface area contributed by atoms with Crippen LogP contribution < -0.4 is 10.1 Å². The summed E-state index contributed by atoms with van der Waals surface area (Å²) in [5.41, 5.74) is 1.73. The molecule has 0 spiro atoms. The number of fused-ring (bicyclic) bond motifs is 1. The monoisotopic (exact) mass is 385 g/mol. The van der Waals surface area contributed by atoms with Crippen LogP contribution in [-0.2, 0) is 16.1 Å². The number of carbonyl (C=O) groups is 1. The Kier molecular flexibility index (Phi) is 5.16. The second-order valence-corrected chi connectivity index (χ2v) is 6.58. The molecule has 1 aromatic carbocycles. The van der Waals surface area contributed by atoms with E-state index in [2.05, 4.69) is 20.3 Å². The van der Waals surface area contributed by atoms with Crippen molar-refractivity contribution in [3.8, 4) is 5.75 Å². The van der Waals surface area contributed by atoms with Crippen LogP contribution in [0.4, 0.5) is 10.2 Å². The van der Waals surface area contributed by atoms with Crippen LogP contribution in [-0.4, -0.2) is 32.1 Å². The number of halogens is 1. The van der Waals surface area contributed by atoms with E-state index in [4.69, 9.17) is 9.47 Å². The summed E-state index contributed by atoms with van der Waals surface area (Å²) in [4.78, 5) is 23.2. The van der Waals surface area contributed by atoms with Crippen LogP contribution in [0.2, 0.25) is 0 Å². The number of hydrogen-bond acceptors (Lipinski definition) is 7. The fraction of sp³-hybridized carbons (Fsp3) is 0.368. The van der Waals surface area contributed by atoms with E-state index in [1.807, 2.05) is 6.07 Å². The van der Waals surface area contributed by atoms with E-state index in [0.29, 0.717) is 35.9 Å². The van der Waals surface area contributed by atoms with Gasteiger partial charge >= 0.3 is 12.0 Å². The number of nitrogens with one attached hydrogen (secondary N) is 1. The molecule has 1 N–H and O–H groups in total. The Morgan fingerprint density at radius 1 is 1.39 bits per heavy atom. The molecule has 0 amide bonds. The second-order valence-electron chi connectivity index (χ2n) is 6.58. The van der Waals surface area contributed by atoms with Gasteiger partial charge in [-0.3, -0.25) is 9.36 Å². The third-order valence-electron chi connectivity index (χ3n) is 4.48. The maximum atomic E-state index is 14.1. The van der Waals surface area contributed by atoms with Gasteiger partial charge in [-0.25, -0.2) is 4.98 Å². The summed E-state index contributed by atoms with van der Waals surface area (Å²) in [5, 5.41) is 3.09. The minimum absolute atomic E-state index is 0.193. The Morgan fingerprint density at radius 3 is 3.07 bits per heavy atom. The molecular weight excluding hydrogens is 365 g/mol. The van der Waals surface area contributed by atoms with Crippen LogP contribution in [0, 0.1) is 6.08 Å². The summed E-state index contributed by atoms with van der Waals surface area (Å²) in [5.74, 6) is 0.361. The lowest BCUT2D eigenvalue weighted by Crippen LogP contribution is -2.18. The van der Waals surface area contributed by atoms with Gasteiger partial charge in [-0.1, -0.05) is 12.1 Å². The van der Waals surface area contributed by atoms with Gasteiger partial charge in [-0.2, -0.15) is 14.4 Å². The molecule has 9 heteroatoms. The Morgan fingerprint density at radius 2 is 2.29 bits per heavy atom. The maximum Gasteiger partial charge on any atom is 0.312 e. The highest BCUT2D eigenvalue weighted by Gasteiger charge is 2.21. The molecule has 0 radical (unpaired) electrons. The minimum atomic E-state index is -0.832. The van der Waals surface area contributed by atoms with Gasteiger partial charge in [0.25, 0.3) is 0 Å². The largest absolute Gasteiger partial charge is 0.427 e. The van der Waals surface area contributed by atoms with Crippen molar-refractivity contribution in [3.05, 3.63) is 42.2 Å². The van der Waals surface area contributed by atoms with Crippen molar-refractivity contribution >= 4 is 23.0 Å². The standard InChI is InChI=1S/C19H20FN5O3/c1-12(26)28-14-6-4-5-13(9-14)10-21-17-16-18(24-19(20)23-17)25(11-22-16)15-7-2-3-8-27-15/h4-6,9,11,15H,2-3,7-8,10H2,1H3,(H,21,23,24). The number of esters is 1. The summed E-state index contributed by atoms with van der Waals surface area (Å²) in [6.45, 7) is 2.37. The number of carbonyl (C=O) groups excluding carboxylic acids is 1. The first kappa shape index (κ1) is 18.3. The first-order valence-electron chi connectivity index (χ1n) is 9.13. The summed E-state index contributed by atoms with van der Waals surface area (Å²) in [6, 6.07) is 7.07. The predicted octanol–water partition coefficient (Wildman–Crippen LogP) is 3.20. The number of benzene rings is 1. The fourth-order valence-electron chi connectivity index (χ4n) is 3.24. The van der Waals surface area contributed by atoms with Gasteiger partial charge < -0.3 is 14.8 Å². The van der Waals surface area contributed by atoms with Crippen molar-refractivity contribution < 1.29 is 18.7 Å². The lowest BCUT2D eigenvalue weighted by molar-refractivity contribution is -0.131. The Bertz CT molecular complexity index is 1000. The summed E-state index contributed by atoms with van der Waals surface area (Å²) in [7, 11) is 0. The first-order valence-corrected chi connectivity index (χ1v) is 9.13. The maximum absolute atomic E-state index is 14.1. The number of ether oxygens (including phenoxy) is 2. The zero-order chi connectivity index (χ0) is 19.5. The van der Waals surface area contributed by atoms with Crippen molar-refractivity contribution in [2.75, 3.05) is 11.9 Å². The van der Waals surface area contributed by atoms with Gasteiger partial charge in [0, 0.05) is 20.1 Å². The minimum Gasteiger partial charge on any atom is -0.427 e. The van der Waals surface area contributed by atoms with Crippen LogP contribution in [0.1, 0.15) is 38.0 Å². The highest BCUT2D eigenvalue weighted by atomic mass is 19.1. The number of aromatic nitrogens is 4. The average Bonchev–Trinajstić information content (AvgIpc) is 3.10. The van der Waals surface area contributed by atoms with E-state index < -0.39 is 6.08 Å². The quantitative estimate of drug-likeness (QED) is 0.410. The molecule has 3 aromatic rings. The van der Waals surface area contributed by atoms with E-state index in [9.17, 15) is 9.18 Å². The lowest BCUT2D eigenvalue weighted by Gasteiger charge is -2.23. The number of imidazole rings is 1. The van der Waals surface area contributed by atoms with Crippen LogP contribution in [0.25, 0.3) is 11.2 Å². The van der Waals surface area contributed by atoms with Crippen molar-refractivity contribution in [2.24, 2.45) is 0 Å². The molecule has 1 aliphatic rings. The van der Waals surface area contributed by atoms with Crippen LogP contribution in [0.5, 0.6) is 5.75 Å². The van der Waals surface area contributed by atoms with Crippen LogP contribution in [0.3, 0.4) is 0 Å². The SMILES string of the molecule is CC(=O)Oc1cccc(CNc2nc(F)nc3c2ncn3C2CCCCO2)c1.